The number of nitro groups is 1. The molecule has 3 aromatic rings. The highest BCUT2D eigenvalue weighted by atomic mass is 16.6. The van der Waals surface area contributed by atoms with E-state index in [0.29, 0.717) is 17.0 Å². The lowest BCUT2D eigenvalue weighted by molar-refractivity contribution is -0.384. The summed E-state index contributed by atoms with van der Waals surface area (Å²) in [6.45, 7) is -0.0757. The molecule has 10 nitrogen and oxygen atoms in total. The minimum absolute atomic E-state index is 0.0757. The second kappa shape index (κ2) is 8.76. The van der Waals surface area contributed by atoms with Crippen molar-refractivity contribution in [3.8, 4) is 6.07 Å². The van der Waals surface area contributed by atoms with Crippen molar-refractivity contribution < 1.29 is 23.7 Å². The van der Waals surface area contributed by atoms with Crippen LogP contribution in [0.1, 0.15) is 28.1 Å². The summed E-state index contributed by atoms with van der Waals surface area (Å²) in [5.41, 5.74) is 0.627. The largest absolute Gasteiger partial charge is 0.467 e. The second-order valence-electron chi connectivity index (χ2n) is 7.26. The fourth-order valence-corrected chi connectivity index (χ4v) is 3.60. The first kappa shape index (κ1) is 21.5. The smallest absolute Gasteiger partial charge is 0.269 e. The van der Waals surface area contributed by atoms with Gasteiger partial charge in [-0.2, -0.15) is 5.26 Å². The SMILES string of the molecule is N#Cc1ccc(N2C(=O)CC(N(Cc3ccco3)C(=O)c3ccc([N+](=O)[O-])cc3)C2=O)cc1. The first-order valence-corrected chi connectivity index (χ1v) is 9.84. The number of nitro benzene ring substituents is 1. The molecule has 10 heteroatoms. The number of hydrogen-bond donors (Lipinski definition) is 0. The summed E-state index contributed by atoms with van der Waals surface area (Å²) >= 11 is 0. The number of rotatable bonds is 6. The van der Waals surface area contributed by atoms with Gasteiger partial charge in [0.2, 0.25) is 5.91 Å². The van der Waals surface area contributed by atoms with Gasteiger partial charge in [0.1, 0.15) is 11.8 Å². The molecule has 0 N–H and O–H groups in total. The van der Waals surface area contributed by atoms with Crippen molar-refractivity contribution in [3.63, 3.8) is 0 Å². The van der Waals surface area contributed by atoms with E-state index in [1.54, 1.807) is 12.1 Å². The van der Waals surface area contributed by atoms with Gasteiger partial charge in [0.05, 0.1) is 41.5 Å². The minimum Gasteiger partial charge on any atom is -0.467 e. The normalized spacial score (nSPS) is 15.4. The highest BCUT2D eigenvalue weighted by molar-refractivity contribution is 6.23. The molecule has 0 aliphatic carbocycles. The Labute approximate surface area is 187 Å². The van der Waals surface area contributed by atoms with E-state index in [2.05, 4.69) is 0 Å². The Balaban J connectivity index is 1.66. The lowest BCUT2D eigenvalue weighted by Crippen LogP contribution is -2.45. The molecular weight excluding hydrogens is 428 g/mol. The van der Waals surface area contributed by atoms with Gasteiger partial charge >= 0.3 is 0 Å². The molecule has 0 bridgehead atoms. The van der Waals surface area contributed by atoms with Crippen molar-refractivity contribution in [2.45, 2.75) is 19.0 Å². The molecule has 1 atom stereocenters. The molecule has 2 heterocycles. The number of imide groups is 1. The van der Waals surface area contributed by atoms with E-state index in [1.165, 1.54) is 59.7 Å². The van der Waals surface area contributed by atoms with E-state index >= 15 is 0 Å². The number of non-ortho nitro benzene ring substituents is 1. The van der Waals surface area contributed by atoms with E-state index in [1.807, 2.05) is 6.07 Å². The van der Waals surface area contributed by atoms with Gasteiger partial charge in [0, 0.05) is 17.7 Å². The van der Waals surface area contributed by atoms with E-state index in [9.17, 15) is 24.5 Å². The van der Waals surface area contributed by atoms with Gasteiger partial charge in [0.15, 0.2) is 0 Å². The Hall–Kier alpha value is -4.78. The standard InChI is InChI=1S/C23H16N4O6/c24-13-15-3-7-17(8-4-15)26-21(28)12-20(23(26)30)25(14-19-2-1-11-33-19)22(29)16-5-9-18(10-6-16)27(31)32/h1-11,20H,12,14H2. The maximum absolute atomic E-state index is 13.3. The maximum atomic E-state index is 13.3. The molecule has 3 amide bonds. The van der Waals surface area contributed by atoms with Crippen molar-refractivity contribution in [1.29, 1.82) is 5.26 Å². The quantitative estimate of drug-likeness (QED) is 0.324. The van der Waals surface area contributed by atoms with Crippen LogP contribution in [-0.4, -0.2) is 33.6 Å². The molecule has 1 aliphatic rings. The van der Waals surface area contributed by atoms with Crippen LogP contribution >= 0.6 is 0 Å². The van der Waals surface area contributed by atoms with Crippen LogP contribution < -0.4 is 4.90 Å². The Morgan fingerprint density at radius 1 is 1.15 bits per heavy atom. The molecule has 0 saturated carbocycles. The Morgan fingerprint density at radius 3 is 2.42 bits per heavy atom. The molecule has 4 rings (SSSR count). The maximum Gasteiger partial charge on any atom is 0.269 e. The van der Waals surface area contributed by atoms with Crippen molar-refractivity contribution in [2.24, 2.45) is 0 Å². The van der Waals surface area contributed by atoms with Gasteiger partial charge in [0.25, 0.3) is 17.5 Å². The van der Waals surface area contributed by atoms with Crippen molar-refractivity contribution >= 4 is 29.1 Å². The van der Waals surface area contributed by atoms with Gasteiger partial charge in [-0.3, -0.25) is 24.5 Å². The summed E-state index contributed by atoms with van der Waals surface area (Å²) in [6, 6.07) is 15.1. The lowest BCUT2D eigenvalue weighted by atomic mass is 10.1. The zero-order valence-corrected chi connectivity index (χ0v) is 17.1. The molecular formula is C23H16N4O6. The fourth-order valence-electron chi connectivity index (χ4n) is 3.60. The lowest BCUT2D eigenvalue weighted by Gasteiger charge is -2.27. The van der Waals surface area contributed by atoms with Crippen molar-refractivity contribution in [2.75, 3.05) is 4.90 Å². The molecule has 1 aromatic heterocycles. The third-order valence-electron chi connectivity index (χ3n) is 5.25. The van der Waals surface area contributed by atoms with Crippen LogP contribution in [0.15, 0.2) is 71.3 Å². The summed E-state index contributed by atoms with van der Waals surface area (Å²) < 4.78 is 5.34. The van der Waals surface area contributed by atoms with Crippen molar-refractivity contribution in [1.82, 2.24) is 4.90 Å². The molecule has 0 radical (unpaired) electrons. The fraction of sp³-hybridized carbons (Fsp3) is 0.130. The average molecular weight is 444 g/mol. The minimum atomic E-state index is -1.10. The summed E-state index contributed by atoms with van der Waals surface area (Å²) in [7, 11) is 0. The van der Waals surface area contributed by atoms with Crippen LogP contribution in [0.2, 0.25) is 0 Å². The number of nitrogens with zero attached hydrogens (tertiary/aromatic N) is 4. The molecule has 1 fully saturated rings. The summed E-state index contributed by atoms with van der Waals surface area (Å²) in [6.07, 6.45) is 1.19. The van der Waals surface area contributed by atoms with E-state index in [4.69, 9.17) is 9.68 Å². The van der Waals surface area contributed by atoms with Crippen LogP contribution in [0.3, 0.4) is 0 Å². The van der Waals surface area contributed by atoms with Crippen molar-refractivity contribution in [3.05, 3.63) is 93.9 Å². The molecule has 1 unspecified atom stereocenters. The van der Waals surface area contributed by atoms with Crippen LogP contribution in [0.25, 0.3) is 0 Å². The number of carbonyl (C=O) groups is 3. The molecule has 0 spiro atoms. The van der Waals surface area contributed by atoms with Gasteiger partial charge in [-0.05, 0) is 48.5 Å². The summed E-state index contributed by atoms with van der Waals surface area (Å²) in [5, 5.41) is 19.9. The van der Waals surface area contributed by atoms with E-state index in [0.717, 1.165) is 4.90 Å². The zero-order valence-electron chi connectivity index (χ0n) is 17.1. The number of amides is 3. The van der Waals surface area contributed by atoms with Gasteiger partial charge in [-0.15, -0.1) is 0 Å². The monoisotopic (exact) mass is 444 g/mol. The van der Waals surface area contributed by atoms with Crippen LogP contribution in [0.5, 0.6) is 0 Å². The number of carbonyl (C=O) groups excluding carboxylic acids is 3. The zero-order chi connectivity index (χ0) is 23.5. The predicted octanol–water partition coefficient (Wildman–Crippen LogP) is 3.03. The van der Waals surface area contributed by atoms with Crippen LogP contribution in [0, 0.1) is 21.4 Å². The molecule has 33 heavy (non-hydrogen) atoms. The van der Waals surface area contributed by atoms with Gasteiger partial charge in [-0.25, -0.2) is 4.90 Å². The third-order valence-corrected chi connectivity index (χ3v) is 5.25. The highest BCUT2D eigenvalue weighted by Crippen LogP contribution is 2.28. The highest BCUT2D eigenvalue weighted by Gasteiger charge is 2.44. The average Bonchev–Trinajstić information content (AvgIpc) is 3.44. The molecule has 1 aliphatic heterocycles. The Morgan fingerprint density at radius 2 is 1.85 bits per heavy atom. The Kier molecular flexibility index (Phi) is 5.69. The van der Waals surface area contributed by atoms with Gasteiger partial charge in [-0.1, -0.05) is 0 Å². The third kappa shape index (κ3) is 4.20. The van der Waals surface area contributed by atoms with E-state index < -0.39 is 28.7 Å². The number of benzene rings is 2. The summed E-state index contributed by atoms with van der Waals surface area (Å²) in [5.74, 6) is -1.25. The first-order valence-electron chi connectivity index (χ1n) is 9.84. The van der Waals surface area contributed by atoms with E-state index in [-0.39, 0.29) is 24.2 Å². The molecule has 164 valence electrons. The number of anilines is 1. The Bertz CT molecular complexity index is 1260. The first-order chi connectivity index (χ1) is 15.9. The van der Waals surface area contributed by atoms with Crippen LogP contribution in [-0.2, 0) is 16.1 Å². The molecule has 1 saturated heterocycles. The summed E-state index contributed by atoms with van der Waals surface area (Å²) in [4.78, 5) is 51.9. The molecule has 2 aromatic carbocycles. The van der Waals surface area contributed by atoms with Gasteiger partial charge < -0.3 is 9.32 Å². The topological polar surface area (TPSA) is 138 Å². The number of furan rings is 1. The second-order valence-corrected chi connectivity index (χ2v) is 7.26. The number of nitriles is 1. The number of hydrogen-bond acceptors (Lipinski definition) is 7. The van der Waals surface area contributed by atoms with Crippen LogP contribution in [0.4, 0.5) is 11.4 Å². The predicted molar refractivity (Wildman–Crippen MR) is 114 cm³/mol.